The van der Waals surface area contributed by atoms with E-state index in [-0.39, 0.29) is 6.42 Å². The maximum Gasteiger partial charge on any atom is 0.405 e. The molecule has 15 heavy (non-hydrogen) atoms. The van der Waals surface area contributed by atoms with Gasteiger partial charge in [0.2, 0.25) is 0 Å². The van der Waals surface area contributed by atoms with Crippen LogP contribution in [-0.4, -0.2) is 30.7 Å². The number of ether oxygens (including phenoxy) is 1. The fourth-order valence-corrected chi connectivity index (χ4v) is 0.824. The molecule has 0 aromatic rings. The molecule has 1 unspecified atom stereocenters. The van der Waals surface area contributed by atoms with Crippen LogP contribution in [0.1, 0.15) is 20.3 Å². The Morgan fingerprint density at radius 3 is 2.27 bits per heavy atom. The molecule has 0 saturated heterocycles. The summed E-state index contributed by atoms with van der Waals surface area (Å²) in [6.45, 7) is 1.18. The van der Waals surface area contributed by atoms with E-state index in [0.29, 0.717) is 0 Å². The van der Waals surface area contributed by atoms with E-state index in [9.17, 15) is 22.8 Å². The monoisotopic (exact) mass is 227 g/mol. The number of esters is 1. The average Bonchev–Trinajstić information content (AvgIpc) is 2.08. The third-order valence-electron chi connectivity index (χ3n) is 1.43. The normalized spacial score (nSPS) is 13.1. The molecule has 0 aliphatic rings. The summed E-state index contributed by atoms with van der Waals surface area (Å²) in [5.74, 6) is -1.64. The van der Waals surface area contributed by atoms with E-state index < -0.39 is 30.7 Å². The Bertz CT molecular complexity index is 240. The Kier molecular flexibility index (Phi) is 5.10. The van der Waals surface area contributed by atoms with Crippen molar-refractivity contribution in [2.75, 3.05) is 6.54 Å². The highest BCUT2D eigenvalue weighted by molar-refractivity contribution is 5.83. The van der Waals surface area contributed by atoms with Gasteiger partial charge in [-0.15, -0.1) is 0 Å². The first-order valence-electron chi connectivity index (χ1n) is 4.28. The molecule has 0 rings (SSSR count). The van der Waals surface area contributed by atoms with Crippen molar-refractivity contribution in [3.05, 3.63) is 0 Å². The molecule has 0 saturated carbocycles. The van der Waals surface area contributed by atoms with Crippen molar-refractivity contribution in [3.63, 3.8) is 0 Å². The van der Waals surface area contributed by atoms with Crippen LogP contribution in [0.15, 0.2) is 0 Å². The summed E-state index contributed by atoms with van der Waals surface area (Å²) < 4.78 is 39.7. The van der Waals surface area contributed by atoms with E-state index >= 15 is 0 Å². The van der Waals surface area contributed by atoms with Crippen LogP contribution < -0.4 is 5.32 Å². The molecule has 0 radical (unpaired) electrons. The molecule has 88 valence electrons. The number of hydrogen-bond donors (Lipinski definition) is 1. The molecule has 1 amide bonds. The van der Waals surface area contributed by atoms with Crippen LogP contribution >= 0.6 is 0 Å². The van der Waals surface area contributed by atoms with Gasteiger partial charge in [-0.3, -0.25) is 9.59 Å². The molecule has 0 fully saturated rings. The zero-order chi connectivity index (χ0) is 12.1. The largest absolute Gasteiger partial charge is 0.452 e. The van der Waals surface area contributed by atoms with Gasteiger partial charge < -0.3 is 10.1 Å². The molecule has 4 nitrogen and oxygen atoms in total. The van der Waals surface area contributed by atoms with E-state index in [2.05, 4.69) is 4.74 Å². The Labute approximate surface area is 84.8 Å². The van der Waals surface area contributed by atoms with Crippen LogP contribution in [0.3, 0.4) is 0 Å². The molecule has 0 aromatic heterocycles. The molecule has 0 heterocycles. The fourth-order valence-electron chi connectivity index (χ4n) is 0.824. The van der Waals surface area contributed by atoms with Gasteiger partial charge >= 0.3 is 12.1 Å². The number of amides is 1. The maximum atomic E-state index is 11.7. The highest BCUT2D eigenvalue weighted by Gasteiger charge is 2.29. The van der Waals surface area contributed by atoms with Gasteiger partial charge in [0.05, 0.1) is 0 Å². The van der Waals surface area contributed by atoms with Gasteiger partial charge in [-0.2, -0.15) is 13.2 Å². The summed E-state index contributed by atoms with van der Waals surface area (Å²) in [7, 11) is 0. The first-order valence-corrected chi connectivity index (χ1v) is 4.28. The topological polar surface area (TPSA) is 55.4 Å². The molecule has 0 bridgehead atoms. The van der Waals surface area contributed by atoms with Crippen LogP contribution in [0.25, 0.3) is 0 Å². The fraction of sp³-hybridized carbons (Fsp3) is 0.750. The Hall–Kier alpha value is -1.27. The summed E-state index contributed by atoms with van der Waals surface area (Å²) in [6, 6.07) is 0. The van der Waals surface area contributed by atoms with Crippen LogP contribution in [0.4, 0.5) is 13.2 Å². The third-order valence-corrected chi connectivity index (χ3v) is 1.43. The second kappa shape index (κ2) is 5.57. The average molecular weight is 227 g/mol. The van der Waals surface area contributed by atoms with Gasteiger partial charge in [0.15, 0.2) is 6.10 Å². The van der Waals surface area contributed by atoms with Crippen LogP contribution in [0, 0.1) is 0 Å². The maximum absolute atomic E-state index is 11.7. The molecule has 1 N–H and O–H groups in total. The highest BCUT2D eigenvalue weighted by atomic mass is 19.4. The van der Waals surface area contributed by atoms with Crippen molar-refractivity contribution in [1.29, 1.82) is 0 Å². The first-order chi connectivity index (χ1) is 6.76. The van der Waals surface area contributed by atoms with Gasteiger partial charge in [0, 0.05) is 6.92 Å². The minimum Gasteiger partial charge on any atom is -0.452 e. The van der Waals surface area contributed by atoms with Gasteiger partial charge in [-0.05, 0) is 6.42 Å². The summed E-state index contributed by atoms with van der Waals surface area (Å²) in [6.07, 6.45) is -5.50. The molecule has 0 spiro atoms. The third kappa shape index (κ3) is 6.75. The van der Waals surface area contributed by atoms with E-state index in [1.165, 1.54) is 6.92 Å². The number of carbonyl (C=O) groups excluding carboxylic acids is 2. The van der Waals surface area contributed by atoms with E-state index in [0.717, 1.165) is 6.92 Å². The Morgan fingerprint density at radius 2 is 1.93 bits per heavy atom. The quantitative estimate of drug-likeness (QED) is 0.729. The summed E-state index contributed by atoms with van der Waals surface area (Å²) >= 11 is 0. The minimum absolute atomic E-state index is 0.128. The van der Waals surface area contributed by atoms with Gasteiger partial charge in [-0.25, -0.2) is 0 Å². The lowest BCUT2D eigenvalue weighted by molar-refractivity contribution is -0.157. The van der Waals surface area contributed by atoms with Gasteiger partial charge in [-0.1, -0.05) is 6.92 Å². The van der Waals surface area contributed by atoms with E-state index in [1.807, 2.05) is 0 Å². The summed E-state index contributed by atoms with van der Waals surface area (Å²) in [5.41, 5.74) is 0. The molecule has 0 aromatic carbocycles. The lowest BCUT2D eigenvalue weighted by Crippen LogP contribution is -2.41. The smallest absolute Gasteiger partial charge is 0.405 e. The summed E-state index contributed by atoms with van der Waals surface area (Å²) in [5, 5.41) is 1.64. The van der Waals surface area contributed by atoms with Crippen molar-refractivity contribution in [3.8, 4) is 0 Å². The van der Waals surface area contributed by atoms with Crippen molar-refractivity contribution in [2.24, 2.45) is 0 Å². The number of carbonyl (C=O) groups is 2. The number of halogens is 3. The molecular weight excluding hydrogens is 215 g/mol. The SMILES string of the molecule is CCC(OC(C)=O)C(=O)NCC(F)(F)F. The first kappa shape index (κ1) is 13.7. The van der Waals surface area contributed by atoms with Gasteiger partial charge in [0.1, 0.15) is 6.54 Å². The van der Waals surface area contributed by atoms with E-state index in [1.54, 1.807) is 5.32 Å². The predicted molar refractivity (Wildman–Crippen MR) is 44.9 cm³/mol. The number of hydrogen-bond acceptors (Lipinski definition) is 3. The van der Waals surface area contributed by atoms with Gasteiger partial charge in [0.25, 0.3) is 5.91 Å². The lowest BCUT2D eigenvalue weighted by atomic mass is 10.2. The van der Waals surface area contributed by atoms with Crippen LogP contribution in [-0.2, 0) is 14.3 Å². The summed E-state index contributed by atoms with van der Waals surface area (Å²) in [4.78, 5) is 21.6. The van der Waals surface area contributed by atoms with Crippen molar-refractivity contribution in [1.82, 2.24) is 5.32 Å². The zero-order valence-electron chi connectivity index (χ0n) is 8.35. The molecular formula is C8H12F3NO3. The van der Waals surface area contributed by atoms with Crippen LogP contribution in [0.2, 0.25) is 0 Å². The second-order valence-electron chi connectivity index (χ2n) is 2.84. The Balaban J connectivity index is 4.11. The van der Waals surface area contributed by atoms with Crippen molar-refractivity contribution < 1.29 is 27.5 Å². The number of nitrogens with one attached hydrogen (secondary N) is 1. The minimum atomic E-state index is -4.47. The molecule has 0 aliphatic heterocycles. The molecule has 1 atom stereocenters. The van der Waals surface area contributed by atoms with Crippen molar-refractivity contribution >= 4 is 11.9 Å². The lowest BCUT2D eigenvalue weighted by Gasteiger charge is -2.15. The van der Waals surface area contributed by atoms with Crippen molar-refractivity contribution in [2.45, 2.75) is 32.5 Å². The zero-order valence-corrected chi connectivity index (χ0v) is 8.35. The Morgan fingerprint density at radius 1 is 1.40 bits per heavy atom. The second-order valence-corrected chi connectivity index (χ2v) is 2.84. The highest BCUT2D eigenvalue weighted by Crippen LogP contribution is 2.12. The molecule has 0 aliphatic carbocycles. The molecule has 7 heteroatoms. The standard InChI is InChI=1S/C8H12F3NO3/c1-3-6(15-5(2)13)7(14)12-4-8(9,10)11/h6H,3-4H2,1-2H3,(H,12,14). The predicted octanol–water partition coefficient (Wildman–Crippen LogP) is 1.01. The number of rotatable bonds is 4. The van der Waals surface area contributed by atoms with E-state index in [4.69, 9.17) is 0 Å². The van der Waals surface area contributed by atoms with Crippen LogP contribution in [0.5, 0.6) is 0 Å². The number of alkyl halides is 3.